The second-order valence-corrected chi connectivity index (χ2v) is 12.6. The minimum atomic E-state index is -2.33. The van der Waals surface area contributed by atoms with E-state index >= 15 is 0 Å². The molecule has 3 aliphatic rings. The summed E-state index contributed by atoms with van der Waals surface area (Å²) in [5.74, 6) is -2.27. The zero-order chi connectivity index (χ0) is 37.2. The van der Waals surface area contributed by atoms with Crippen LogP contribution in [-0.4, -0.2) is 116 Å². The monoisotopic (exact) mass is 726 g/mol. The van der Waals surface area contributed by atoms with Crippen molar-refractivity contribution >= 4 is 12.0 Å². The SMILES string of the molecule is COc1ccc(C23Oc4cc(O[C@@H]5O[C@@H]([C@H](O)CO)CO[C@H]5OC)cc(OC)c4C2(O)C(O)C(C(=O)NCCNC(=O)O)C3c2ccccc2)cc1. The fourth-order valence-corrected chi connectivity index (χ4v) is 7.48. The number of nitrogens with one attached hydrogen (secondary N) is 2. The van der Waals surface area contributed by atoms with Crippen molar-refractivity contribution in [3.05, 3.63) is 83.4 Å². The van der Waals surface area contributed by atoms with Crippen molar-refractivity contribution in [2.75, 3.05) is 47.6 Å². The second-order valence-electron chi connectivity index (χ2n) is 12.6. The van der Waals surface area contributed by atoms with Gasteiger partial charge in [-0.1, -0.05) is 42.5 Å². The predicted molar refractivity (Wildman–Crippen MR) is 179 cm³/mol. The van der Waals surface area contributed by atoms with Crippen LogP contribution in [0.1, 0.15) is 22.6 Å². The average molecular weight is 727 g/mol. The molecule has 1 saturated heterocycles. The molecule has 2 fully saturated rings. The van der Waals surface area contributed by atoms with E-state index in [0.29, 0.717) is 16.9 Å². The van der Waals surface area contributed by atoms with Crippen molar-refractivity contribution in [2.45, 2.75) is 48.0 Å². The van der Waals surface area contributed by atoms with E-state index in [2.05, 4.69) is 10.6 Å². The van der Waals surface area contributed by atoms with E-state index in [1.165, 1.54) is 33.5 Å². The molecule has 1 saturated carbocycles. The number of ether oxygens (including phenoxy) is 7. The van der Waals surface area contributed by atoms with E-state index in [-0.39, 0.29) is 42.5 Å². The number of hydrogen-bond donors (Lipinski definition) is 7. The lowest BCUT2D eigenvalue weighted by Crippen LogP contribution is -2.52. The Morgan fingerprint density at radius 3 is 2.31 bits per heavy atom. The number of rotatable bonds is 13. The van der Waals surface area contributed by atoms with Crippen LogP contribution in [0, 0.1) is 5.92 Å². The van der Waals surface area contributed by atoms with Crippen LogP contribution >= 0.6 is 0 Å². The maximum Gasteiger partial charge on any atom is 0.404 e. The molecule has 0 radical (unpaired) electrons. The van der Waals surface area contributed by atoms with Crippen LogP contribution < -0.4 is 29.6 Å². The highest BCUT2D eigenvalue weighted by Gasteiger charge is 2.78. The first kappa shape index (κ1) is 37.1. The first-order chi connectivity index (χ1) is 25.0. The van der Waals surface area contributed by atoms with Gasteiger partial charge in [0.2, 0.25) is 12.2 Å². The highest BCUT2D eigenvalue weighted by atomic mass is 16.8. The Labute approximate surface area is 298 Å². The normalized spacial score (nSPS) is 29.6. The molecule has 2 heterocycles. The van der Waals surface area contributed by atoms with Gasteiger partial charge in [0.05, 0.1) is 38.9 Å². The van der Waals surface area contributed by atoms with Gasteiger partial charge in [-0.25, -0.2) is 4.79 Å². The molecule has 7 N–H and O–H groups in total. The van der Waals surface area contributed by atoms with Gasteiger partial charge in [-0.3, -0.25) is 4.79 Å². The quantitative estimate of drug-likeness (QED) is 0.121. The minimum Gasteiger partial charge on any atom is -0.497 e. The third-order valence-electron chi connectivity index (χ3n) is 9.78. The van der Waals surface area contributed by atoms with Crippen molar-refractivity contribution in [1.29, 1.82) is 0 Å². The number of amides is 2. The fourth-order valence-electron chi connectivity index (χ4n) is 7.48. The number of methoxy groups -OCH3 is 3. The summed E-state index contributed by atoms with van der Waals surface area (Å²) in [6.45, 7) is -0.828. The Morgan fingerprint density at radius 2 is 1.67 bits per heavy atom. The minimum absolute atomic E-state index is 0.0422. The Morgan fingerprint density at radius 1 is 0.962 bits per heavy atom. The van der Waals surface area contributed by atoms with Crippen molar-refractivity contribution in [2.24, 2.45) is 5.92 Å². The van der Waals surface area contributed by atoms with Crippen molar-refractivity contribution in [3.8, 4) is 23.0 Å². The molecule has 3 aromatic carbocycles. The molecule has 5 unspecified atom stereocenters. The van der Waals surface area contributed by atoms with Crippen LogP contribution in [0.15, 0.2) is 66.7 Å². The average Bonchev–Trinajstić information content (AvgIpc) is 3.54. The fraction of sp³-hybridized carbons (Fsp3) is 0.444. The van der Waals surface area contributed by atoms with Gasteiger partial charge in [0, 0.05) is 38.2 Å². The topological polar surface area (TPSA) is 224 Å². The molecular formula is C36H42N2O14. The lowest BCUT2D eigenvalue weighted by molar-refractivity contribution is -0.324. The molecule has 6 rings (SSSR count). The van der Waals surface area contributed by atoms with Gasteiger partial charge in [0.1, 0.15) is 41.3 Å². The molecule has 0 bridgehead atoms. The Kier molecular flexibility index (Phi) is 10.8. The summed E-state index contributed by atoms with van der Waals surface area (Å²) < 4.78 is 41.2. The van der Waals surface area contributed by atoms with E-state index in [1.54, 1.807) is 54.6 Å². The lowest BCUT2D eigenvalue weighted by atomic mass is 9.70. The number of aliphatic hydroxyl groups is 4. The van der Waals surface area contributed by atoms with Gasteiger partial charge in [-0.05, 0) is 23.3 Å². The van der Waals surface area contributed by atoms with Gasteiger partial charge < -0.3 is 69.3 Å². The van der Waals surface area contributed by atoms with Crippen molar-refractivity contribution in [1.82, 2.24) is 10.6 Å². The van der Waals surface area contributed by atoms with Gasteiger partial charge in [0.25, 0.3) is 6.29 Å². The molecule has 2 amide bonds. The molecule has 16 nitrogen and oxygen atoms in total. The lowest BCUT2D eigenvalue weighted by Gasteiger charge is -2.40. The largest absolute Gasteiger partial charge is 0.497 e. The first-order valence-corrected chi connectivity index (χ1v) is 16.5. The summed E-state index contributed by atoms with van der Waals surface area (Å²) in [5.41, 5.74) is -3.20. The maximum atomic E-state index is 14.1. The van der Waals surface area contributed by atoms with Crippen LogP contribution in [0.5, 0.6) is 23.0 Å². The number of fused-ring (bicyclic) bond motifs is 3. The Bertz CT molecular complexity index is 1730. The number of carbonyl (C=O) groups is 2. The van der Waals surface area contributed by atoms with Crippen LogP contribution in [0.2, 0.25) is 0 Å². The van der Waals surface area contributed by atoms with Crippen LogP contribution in [0.25, 0.3) is 0 Å². The highest BCUT2D eigenvalue weighted by Crippen LogP contribution is 2.70. The van der Waals surface area contributed by atoms with Gasteiger partial charge in [-0.2, -0.15) is 0 Å². The van der Waals surface area contributed by atoms with Gasteiger partial charge >= 0.3 is 6.09 Å². The summed E-state index contributed by atoms with van der Waals surface area (Å²) >= 11 is 0. The summed E-state index contributed by atoms with van der Waals surface area (Å²) in [7, 11) is 4.25. The maximum absolute atomic E-state index is 14.1. The number of carbonyl (C=O) groups excluding carboxylic acids is 1. The standard InChI is InChI=1S/C36H42N2O14/c1-46-21-11-9-20(10-12-21)36-28(19-7-5-4-6-8-19)27(31(42)37-13-14-38-34(43)44)30(41)35(36,45)29-24(47-2)15-22(16-25(29)52-36)50-33-32(48-3)49-18-26(51-33)23(40)17-39/h4-12,15-16,23,26-28,30,32-33,38-41,45H,13-14,17-18H2,1-3H3,(H,37,42)(H,43,44)/t23-,26-,27?,28?,30?,32-,33-,35?,36?/m1/s1. The second kappa shape index (κ2) is 15.1. The van der Waals surface area contributed by atoms with E-state index in [4.69, 9.17) is 38.3 Å². The molecule has 16 heteroatoms. The number of aliphatic hydroxyl groups excluding tert-OH is 3. The van der Waals surface area contributed by atoms with E-state index in [9.17, 15) is 30.0 Å². The predicted octanol–water partition coefficient (Wildman–Crippen LogP) is 0.784. The molecule has 1 aliphatic carbocycles. The number of hydrogen-bond acceptors (Lipinski definition) is 13. The molecule has 280 valence electrons. The number of carboxylic acid groups (broad SMARTS) is 1. The smallest absolute Gasteiger partial charge is 0.404 e. The molecular weight excluding hydrogens is 684 g/mol. The summed E-state index contributed by atoms with van der Waals surface area (Å²) in [5, 5.41) is 59.1. The van der Waals surface area contributed by atoms with E-state index < -0.39 is 72.5 Å². The third-order valence-corrected chi connectivity index (χ3v) is 9.78. The zero-order valence-electron chi connectivity index (χ0n) is 28.6. The number of benzene rings is 3. The highest BCUT2D eigenvalue weighted by molar-refractivity contribution is 5.83. The molecule has 3 aromatic rings. The van der Waals surface area contributed by atoms with E-state index in [1.807, 2.05) is 0 Å². The molecule has 0 spiro atoms. The molecule has 2 aliphatic heterocycles. The Balaban J connectivity index is 1.49. The van der Waals surface area contributed by atoms with Crippen LogP contribution in [0.3, 0.4) is 0 Å². The van der Waals surface area contributed by atoms with Gasteiger partial charge in [0.15, 0.2) is 11.2 Å². The van der Waals surface area contributed by atoms with Crippen molar-refractivity contribution in [3.63, 3.8) is 0 Å². The van der Waals surface area contributed by atoms with Crippen molar-refractivity contribution < 1.29 is 68.3 Å². The van der Waals surface area contributed by atoms with Gasteiger partial charge in [-0.15, -0.1) is 0 Å². The Hall–Kier alpha value is -4.68. The third kappa shape index (κ3) is 6.25. The molecule has 0 aromatic heterocycles. The first-order valence-electron chi connectivity index (χ1n) is 16.5. The molecule has 52 heavy (non-hydrogen) atoms. The zero-order valence-corrected chi connectivity index (χ0v) is 28.6. The molecule has 9 atom stereocenters. The summed E-state index contributed by atoms with van der Waals surface area (Å²) in [6.07, 6.45) is -7.50. The van der Waals surface area contributed by atoms with E-state index in [0.717, 1.165) is 0 Å². The summed E-state index contributed by atoms with van der Waals surface area (Å²) in [4.78, 5) is 25.1. The van der Waals surface area contributed by atoms with Crippen LogP contribution in [0.4, 0.5) is 4.79 Å². The van der Waals surface area contributed by atoms with Crippen LogP contribution in [-0.2, 0) is 30.2 Å². The summed E-state index contributed by atoms with van der Waals surface area (Å²) in [6, 6.07) is 18.5.